The Morgan fingerprint density at radius 3 is 2.50 bits per heavy atom. The van der Waals surface area contributed by atoms with Gasteiger partial charge in [-0.1, -0.05) is 23.7 Å². The molecule has 1 saturated heterocycles. The van der Waals surface area contributed by atoms with Gasteiger partial charge in [-0.15, -0.1) is 0 Å². The number of hydrogen-bond donors (Lipinski definition) is 2. The van der Waals surface area contributed by atoms with Crippen molar-refractivity contribution in [3.8, 4) is 5.75 Å². The number of nitrogens with one attached hydrogen (secondary N) is 1. The maximum Gasteiger partial charge on any atom is 0.418 e. The fourth-order valence-corrected chi connectivity index (χ4v) is 3.15. The van der Waals surface area contributed by atoms with Crippen LogP contribution in [0.4, 0.5) is 18.9 Å². The van der Waals surface area contributed by atoms with Crippen LogP contribution in [0.15, 0.2) is 52.4 Å². The third kappa shape index (κ3) is 4.20. The third-order valence-corrected chi connectivity index (χ3v) is 4.47. The van der Waals surface area contributed by atoms with Crippen molar-refractivity contribution in [1.29, 1.82) is 0 Å². The molecule has 1 amide bonds. The lowest BCUT2D eigenvalue weighted by atomic mass is 10.2. The van der Waals surface area contributed by atoms with Gasteiger partial charge in [0.05, 0.1) is 16.2 Å². The molecule has 2 aromatic carbocycles. The smallest absolute Gasteiger partial charge is 0.418 e. The van der Waals surface area contributed by atoms with Gasteiger partial charge < -0.3 is 10.4 Å². The van der Waals surface area contributed by atoms with E-state index in [0.29, 0.717) is 5.56 Å². The first-order valence-electron chi connectivity index (χ1n) is 7.18. The second kappa shape index (κ2) is 7.05. The van der Waals surface area contributed by atoms with Gasteiger partial charge in [0.1, 0.15) is 5.75 Å². The van der Waals surface area contributed by atoms with Gasteiger partial charge in [0.2, 0.25) is 0 Å². The van der Waals surface area contributed by atoms with E-state index in [1.807, 2.05) is 0 Å². The third-order valence-electron chi connectivity index (χ3n) is 3.33. The van der Waals surface area contributed by atoms with E-state index in [1.54, 1.807) is 18.2 Å². The van der Waals surface area contributed by atoms with Gasteiger partial charge in [-0.2, -0.15) is 13.2 Å². The van der Waals surface area contributed by atoms with Crippen LogP contribution in [0, 0.1) is 0 Å². The van der Waals surface area contributed by atoms with Crippen molar-refractivity contribution in [2.45, 2.75) is 6.18 Å². The molecule has 0 bridgehead atoms. The number of phenolic OH excluding ortho intramolecular Hbond substituents is 1. The summed E-state index contributed by atoms with van der Waals surface area (Å²) in [5.41, 5.74) is -0.664. The van der Waals surface area contributed by atoms with Gasteiger partial charge in [-0.3, -0.25) is 4.79 Å². The molecule has 0 atom stereocenters. The molecule has 0 saturated carbocycles. The van der Waals surface area contributed by atoms with Crippen LogP contribution in [0.25, 0.3) is 6.08 Å². The summed E-state index contributed by atoms with van der Waals surface area (Å²) in [6.45, 7) is 0. The van der Waals surface area contributed by atoms with E-state index in [0.717, 1.165) is 23.9 Å². The first-order valence-corrected chi connectivity index (χ1v) is 8.37. The number of rotatable bonds is 2. The lowest BCUT2D eigenvalue weighted by Crippen LogP contribution is -2.19. The second-order valence-electron chi connectivity index (χ2n) is 5.23. The lowest BCUT2D eigenvalue weighted by Gasteiger charge is -2.10. The zero-order valence-corrected chi connectivity index (χ0v) is 14.4. The Labute approximate surface area is 155 Å². The molecule has 2 N–H and O–H groups in total. The molecular formula is C17H10ClF3N2O2S. The number of alkyl halides is 3. The molecule has 3 rings (SSSR count). The molecule has 1 aliphatic rings. The van der Waals surface area contributed by atoms with Crippen LogP contribution in [0.3, 0.4) is 0 Å². The Morgan fingerprint density at radius 1 is 1.15 bits per heavy atom. The Balaban J connectivity index is 1.90. The fraction of sp³-hybridized carbons (Fsp3) is 0.0588. The minimum Gasteiger partial charge on any atom is -0.508 e. The van der Waals surface area contributed by atoms with Crippen molar-refractivity contribution in [2.24, 2.45) is 4.99 Å². The minimum atomic E-state index is -4.62. The first kappa shape index (κ1) is 18.3. The van der Waals surface area contributed by atoms with Crippen molar-refractivity contribution in [1.82, 2.24) is 5.32 Å². The fourth-order valence-electron chi connectivity index (χ4n) is 2.14. The predicted octanol–water partition coefficient (Wildman–Crippen LogP) is 4.96. The van der Waals surface area contributed by atoms with Crippen molar-refractivity contribution >= 4 is 46.2 Å². The van der Waals surface area contributed by atoms with Crippen LogP contribution < -0.4 is 5.32 Å². The zero-order chi connectivity index (χ0) is 18.9. The monoisotopic (exact) mass is 398 g/mol. The van der Waals surface area contributed by atoms with E-state index in [2.05, 4.69) is 10.3 Å². The number of amidine groups is 1. The van der Waals surface area contributed by atoms with Crippen molar-refractivity contribution in [3.63, 3.8) is 0 Å². The van der Waals surface area contributed by atoms with Crippen molar-refractivity contribution in [2.75, 3.05) is 0 Å². The molecule has 2 aromatic rings. The maximum absolute atomic E-state index is 13.1. The number of thioether (sulfide) groups is 1. The Kier molecular flexibility index (Phi) is 4.97. The Hall–Kier alpha value is -2.45. The van der Waals surface area contributed by atoms with Gasteiger partial charge >= 0.3 is 6.18 Å². The second-order valence-corrected chi connectivity index (χ2v) is 6.70. The molecular weight excluding hydrogens is 389 g/mol. The lowest BCUT2D eigenvalue weighted by molar-refractivity contribution is -0.137. The van der Waals surface area contributed by atoms with E-state index in [4.69, 9.17) is 11.6 Å². The number of carbonyl (C=O) groups excluding carboxylic acids is 1. The standard InChI is InChI=1S/C17H10ClF3N2O2S/c18-10-3-6-13(12(8-10)17(19,20)21)22-16-23-15(25)14(26-16)7-9-1-4-11(24)5-2-9/h1-8,24H,(H,22,23,25). The summed E-state index contributed by atoms with van der Waals surface area (Å²) in [5, 5.41) is 11.7. The van der Waals surface area contributed by atoms with Crippen LogP contribution in [0.5, 0.6) is 5.75 Å². The van der Waals surface area contributed by atoms with Crippen molar-refractivity contribution in [3.05, 3.63) is 63.5 Å². The van der Waals surface area contributed by atoms with Crippen molar-refractivity contribution < 1.29 is 23.1 Å². The normalized spacial score (nSPS) is 17.8. The van der Waals surface area contributed by atoms with Crippen LogP contribution in [-0.4, -0.2) is 16.2 Å². The summed E-state index contributed by atoms with van der Waals surface area (Å²) in [6.07, 6.45) is -3.07. The minimum absolute atomic E-state index is 0.0350. The van der Waals surface area contributed by atoms with E-state index in [9.17, 15) is 23.1 Å². The molecule has 0 aromatic heterocycles. The molecule has 1 heterocycles. The molecule has 0 aliphatic carbocycles. The van der Waals surface area contributed by atoms with E-state index in [-0.39, 0.29) is 26.5 Å². The predicted molar refractivity (Wildman–Crippen MR) is 95.4 cm³/mol. The topological polar surface area (TPSA) is 61.7 Å². The molecule has 1 fully saturated rings. The number of aliphatic imine (C=N–C) groups is 1. The highest BCUT2D eigenvalue weighted by molar-refractivity contribution is 8.18. The van der Waals surface area contributed by atoms with E-state index >= 15 is 0 Å². The quantitative estimate of drug-likeness (QED) is 0.703. The van der Waals surface area contributed by atoms with Crippen LogP contribution in [-0.2, 0) is 11.0 Å². The maximum atomic E-state index is 13.1. The summed E-state index contributed by atoms with van der Waals surface area (Å²) in [4.78, 5) is 16.2. The highest BCUT2D eigenvalue weighted by Crippen LogP contribution is 2.39. The van der Waals surface area contributed by atoms with Gasteiger partial charge in [0.15, 0.2) is 5.17 Å². The average molecular weight is 399 g/mol. The molecule has 0 radical (unpaired) electrons. The van der Waals surface area contributed by atoms with Gasteiger partial charge in [0.25, 0.3) is 5.91 Å². The van der Waals surface area contributed by atoms with Gasteiger partial charge in [0, 0.05) is 5.02 Å². The highest BCUT2D eigenvalue weighted by Gasteiger charge is 2.34. The number of benzene rings is 2. The Bertz CT molecular complexity index is 925. The molecule has 134 valence electrons. The highest BCUT2D eigenvalue weighted by atomic mass is 35.5. The Morgan fingerprint density at radius 2 is 1.85 bits per heavy atom. The zero-order valence-electron chi connectivity index (χ0n) is 12.8. The summed E-state index contributed by atoms with van der Waals surface area (Å²) in [7, 11) is 0. The molecule has 9 heteroatoms. The number of carbonyl (C=O) groups is 1. The number of nitrogens with zero attached hydrogens (tertiary/aromatic N) is 1. The van der Waals surface area contributed by atoms with Gasteiger partial charge in [-0.05, 0) is 53.7 Å². The summed E-state index contributed by atoms with van der Waals surface area (Å²) < 4.78 is 39.4. The molecule has 26 heavy (non-hydrogen) atoms. The summed E-state index contributed by atoms with van der Waals surface area (Å²) in [5.74, 6) is -0.385. The molecule has 0 spiro atoms. The number of hydrogen-bond acceptors (Lipinski definition) is 4. The number of phenols is 1. The van der Waals surface area contributed by atoms with Crippen LogP contribution in [0.1, 0.15) is 11.1 Å². The molecule has 1 aliphatic heterocycles. The van der Waals surface area contributed by atoms with Gasteiger partial charge in [-0.25, -0.2) is 4.99 Å². The van der Waals surface area contributed by atoms with Crippen LogP contribution in [0.2, 0.25) is 5.02 Å². The van der Waals surface area contributed by atoms with Crippen LogP contribution >= 0.6 is 23.4 Å². The van der Waals surface area contributed by atoms with E-state index in [1.165, 1.54) is 18.2 Å². The van der Waals surface area contributed by atoms with E-state index < -0.39 is 17.6 Å². The average Bonchev–Trinajstić information content (AvgIpc) is 2.90. The summed E-state index contributed by atoms with van der Waals surface area (Å²) >= 11 is 6.56. The SMILES string of the molecule is O=C1NC(=Nc2ccc(Cl)cc2C(F)(F)F)SC1=Cc1ccc(O)cc1. The first-order chi connectivity index (χ1) is 12.2. The molecule has 4 nitrogen and oxygen atoms in total. The summed E-state index contributed by atoms with van der Waals surface area (Å²) in [6, 6.07) is 9.36. The largest absolute Gasteiger partial charge is 0.508 e. The number of aromatic hydroxyl groups is 1. The number of amides is 1. The molecule has 0 unspecified atom stereocenters. The number of halogens is 4.